The molecule has 1 saturated heterocycles. The number of nitriles is 1. The zero-order chi connectivity index (χ0) is 37.1. The molecule has 3 atom stereocenters. The molecule has 0 saturated carbocycles. The van der Waals surface area contributed by atoms with Crippen molar-refractivity contribution in [1.82, 2.24) is 30.1 Å². The highest BCUT2D eigenvalue weighted by atomic mass is 16.6. The maximum atomic E-state index is 13.5. The standard InChI is InChI=1S/C35H54N8O7/c1-24-16-20-42(28(44)15-18-36)22-26(24)41(8)29-25-17-21-43(30(25)39-23-38-29)33(47)48-27(40-32(46)50-35(5,6)7)14-12-10-9-11-13-19-37-31(45)49-34(2,3)4/h17,21,23-24,26-27H,9-16,19-20,22H2,1-8H3,(H,37,45)(H,40,46)/t24-,26+,27?/m1/s1. The number of piperidine rings is 1. The van der Waals surface area contributed by atoms with Gasteiger partial charge in [0, 0.05) is 39.3 Å². The lowest BCUT2D eigenvalue weighted by Gasteiger charge is -2.42. The molecule has 2 N–H and O–H groups in total. The average Bonchev–Trinajstić information content (AvgIpc) is 3.45. The number of nitrogens with zero attached hydrogens (tertiary/aromatic N) is 6. The zero-order valence-electron chi connectivity index (χ0n) is 30.8. The number of hydrogen-bond acceptors (Lipinski definition) is 11. The topological polar surface area (TPSA) is 181 Å². The number of carbonyl (C=O) groups is 4. The third-order valence-corrected chi connectivity index (χ3v) is 8.22. The molecule has 276 valence electrons. The van der Waals surface area contributed by atoms with Crippen molar-refractivity contribution in [3.8, 4) is 6.07 Å². The van der Waals surface area contributed by atoms with Gasteiger partial charge in [-0.3, -0.25) is 10.1 Å². The molecule has 0 bridgehead atoms. The largest absolute Gasteiger partial charge is 0.444 e. The van der Waals surface area contributed by atoms with Crippen LogP contribution >= 0.6 is 0 Å². The number of unbranched alkanes of at least 4 members (excludes halogenated alkanes) is 4. The Labute approximate surface area is 295 Å². The lowest BCUT2D eigenvalue weighted by atomic mass is 9.92. The highest BCUT2D eigenvalue weighted by Gasteiger charge is 2.33. The van der Waals surface area contributed by atoms with E-state index in [9.17, 15) is 19.2 Å². The molecule has 3 amide bonds. The summed E-state index contributed by atoms with van der Waals surface area (Å²) in [6.07, 6.45) is 5.19. The Balaban J connectivity index is 1.64. The van der Waals surface area contributed by atoms with E-state index >= 15 is 0 Å². The van der Waals surface area contributed by atoms with Gasteiger partial charge in [0.1, 0.15) is 29.8 Å². The van der Waals surface area contributed by atoms with E-state index in [2.05, 4.69) is 27.5 Å². The van der Waals surface area contributed by atoms with Gasteiger partial charge >= 0.3 is 18.3 Å². The van der Waals surface area contributed by atoms with E-state index in [4.69, 9.17) is 19.5 Å². The molecule has 1 unspecified atom stereocenters. The van der Waals surface area contributed by atoms with Crippen LogP contribution in [-0.4, -0.2) is 93.8 Å². The Hall–Kier alpha value is -4.61. The number of likely N-dealkylation sites (tertiary alicyclic amines) is 1. The highest BCUT2D eigenvalue weighted by Crippen LogP contribution is 2.30. The molecule has 0 aromatic carbocycles. The molecule has 0 radical (unpaired) electrons. The van der Waals surface area contributed by atoms with Gasteiger partial charge in [-0.1, -0.05) is 26.2 Å². The molecule has 0 aliphatic carbocycles. The quantitative estimate of drug-likeness (QED) is 0.148. The van der Waals surface area contributed by atoms with Crippen molar-refractivity contribution in [2.24, 2.45) is 5.92 Å². The summed E-state index contributed by atoms with van der Waals surface area (Å²) in [6.45, 7) is 14.4. The first-order valence-electron chi connectivity index (χ1n) is 17.4. The lowest BCUT2D eigenvalue weighted by Crippen LogP contribution is -2.52. The molecule has 1 fully saturated rings. The Morgan fingerprint density at radius 1 is 1.02 bits per heavy atom. The number of alkyl carbamates (subject to hydrolysis) is 2. The molecule has 0 spiro atoms. The Kier molecular flexibility index (Phi) is 14.2. The summed E-state index contributed by atoms with van der Waals surface area (Å²) in [4.78, 5) is 63.1. The number of ether oxygens (including phenoxy) is 3. The SMILES string of the molecule is C[C@@H]1CCN(C(=O)CC#N)C[C@@H]1N(C)c1ncnc2c1ccn2C(=O)OC(CCCCCCCNC(=O)OC(C)(C)C)NC(=O)OC(C)(C)C. The van der Waals surface area contributed by atoms with E-state index in [0.29, 0.717) is 49.3 Å². The third-order valence-electron chi connectivity index (χ3n) is 8.22. The van der Waals surface area contributed by atoms with Crippen LogP contribution < -0.4 is 15.5 Å². The van der Waals surface area contributed by atoms with Gasteiger partial charge in [0.2, 0.25) is 5.91 Å². The van der Waals surface area contributed by atoms with Crippen molar-refractivity contribution in [1.29, 1.82) is 5.26 Å². The van der Waals surface area contributed by atoms with Crippen molar-refractivity contribution in [2.45, 2.75) is 123 Å². The van der Waals surface area contributed by atoms with E-state index in [0.717, 1.165) is 32.1 Å². The number of likely N-dealkylation sites (N-methyl/N-ethyl adjacent to an activating group) is 1. The van der Waals surface area contributed by atoms with Gasteiger partial charge in [-0.15, -0.1) is 0 Å². The second-order valence-corrected chi connectivity index (χ2v) is 14.7. The highest BCUT2D eigenvalue weighted by molar-refractivity contribution is 5.93. The number of amides is 3. The molecule has 1 aliphatic rings. The van der Waals surface area contributed by atoms with Crippen LogP contribution in [-0.2, 0) is 19.0 Å². The maximum Gasteiger partial charge on any atom is 0.421 e. The van der Waals surface area contributed by atoms with E-state index in [1.807, 2.05) is 38.8 Å². The first-order chi connectivity index (χ1) is 23.5. The number of carbonyl (C=O) groups excluding carboxylic acids is 4. The molecule has 15 heteroatoms. The van der Waals surface area contributed by atoms with Crippen LogP contribution in [0, 0.1) is 17.2 Å². The van der Waals surface area contributed by atoms with Crippen LogP contribution in [0.15, 0.2) is 18.6 Å². The van der Waals surface area contributed by atoms with Crippen molar-refractivity contribution in [2.75, 3.05) is 31.6 Å². The normalized spacial score (nSPS) is 17.0. The Morgan fingerprint density at radius 3 is 2.36 bits per heavy atom. The number of fused-ring (bicyclic) bond motifs is 1. The zero-order valence-corrected chi connectivity index (χ0v) is 30.8. The fraction of sp³-hybridized carbons (Fsp3) is 0.686. The second kappa shape index (κ2) is 17.9. The molecule has 50 heavy (non-hydrogen) atoms. The van der Waals surface area contributed by atoms with Crippen LogP contribution in [0.5, 0.6) is 0 Å². The van der Waals surface area contributed by atoms with Crippen LogP contribution in [0.3, 0.4) is 0 Å². The fourth-order valence-corrected chi connectivity index (χ4v) is 5.75. The summed E-state index contributed by atoms with van der Waals surface area (Å²) in [6, 6.07) is 3.61. The first-order valence-corrected chi connectivity index (χ1v) is 17.4. The minimum Gasteiger partial charge on any atom is -0.444 e. The molecule has 15 nitrogen and oxygen atoms in total. The smallest absolute Gasteiger partial charge is 0.421 e. The fourth-order valence-electron chi connectivity index (χ4n) is 5.75. The van der Waals surface area contributed by atoms with Gasteiger partial charge in [-0.25, -0.2) is 28.9 Å². The van der Waals surface area contributed by atoms with Crippen LogP contribution in [0.1, 0.15) is 99.8 Å². The maximum absolute atomic E-state index is 13.5. The summed E-state index contributed by atoms with van der Waals surface area (Å²) < 4.78 is 17.7. The van der Waals surface area contributed by atoms with Crippen LogP contribution in [0.2, 0.25) is 0 Å². The summed E-state index contributed by atoms with van der Waals surface area (Å²) in [7, 11) is 1.90. The Morgan fingerprint density at radius 2 is 1.68 bits per heavy atom. The predicted octanol–water partition coefficient (Wildman–Crippen LogP) is 5.72. The van der Waals surface area contributed by atoms with Gasteiger partial charge < -0.3 is 29.3 Å². The van der Waals surface area contributed by atoms with Crippen molar-refractivity contribution in [3.63, 3.8) is 0 Å². The number of nitrogens with one attached hydrogen (secondary N) is 2. The molecule has 3 heterocycles. The van der Waals surface area contributed by atoms with Gasteiger partial charge in [0.25, 0.3) is 0 Å². The predicted molar refractivity (Wildman–Crippen MR) is 187 cm³/mol. The molecular weight excluding hydrogens is 644 g/mol. The average molecular weight is 699 g/mol. The van der Waals surface area contributed by atoms with Gasteiger partial charge in [-0.2, -0.15) is 5.26 Å². The summed E-state index contributed by atoms with van der Waals surface area (Å²) in [5.41, 5.74) is -0.944. The van der Waals surface area contributed by atoms with Crippen molar-refractivity contribution >= 4 is 41.0 Å². The van der Waals surface area contributed by atoms with E-state index in [1.165, 1.54) is 10.9 Å². The van der Waals surface area contributed by atoms with Gasteiger partial charge in [0.15, 0.2) is 11.9 Å². The lowest BCUT2D eigenvalue weighted by molar-refractivity contribution is -0.131. The minimum absolute atomic E-state index is 0.0663. The van der Waals surface area contributed by atoms with Crippen LogP contribution in [0.4, 0.5) is 20.2 Å². The minimum atomic E-state index is -0.951. The monoisotopic (exact) mass is 698 g/mol. The molecule has 2 aromatic heterocycles. The third kappa shape index (κ3) is 12.4. The number of rotatable bonds is 13. The van der Waals surface area contributed by atoms with Crippen molar-refractivity contribution in [3.05, 3.63) is 18.6 Å². The summed E-state index contributed by atoms with van der Waals surface area (Å²) >= 11 is 0. The van der Waals surface area contributed by atoms with E-state index in [1.54, 1.807) is 37.9 Å². The molecular formula is C35H54N8O7. The van der Waals surface area contributed by atoms with Gasteiger partial charge in [0.05, 0.1) is 17.5 Å². The second-order valence-electron chi connectivity index (χ2n) is 14.7. The number of aromatic nitrogens is 3. The van der Waals surface area contributed by atoms with E-state index < -0.39 is 35.7 Å². The van der Waals surface area contributed by atoms with E-state index in [-0.39, 0.29) is 24.3 Å². The molecule has 3 rings (SSSR count). The molecule has 2 aromatic rings. The summed E-state index contributed by atoms with van der Waals surface area (Å²) in [5.74, 6) is 0.649. The first kappa shape index (κ1) is 39.8. The van der Waals surface area contributed by atoms with Crippen molar-refractivity contribution < 1.29 is 33.4 Å². The summed E-state index contributed by atoms with van der Waals surface area (Å²) in [5, 5.41) is 15.1. The number of anilines is 1. The van der Waals surface area contributed by atoms with Gasteiger partial charge in [-0.05, 0) is 72.8 Å². The molecule has 1 aliphatic heterocycles. The number of hydrogen-bond donors (Lipinski definition) is 2. The Bertz CT molecular complexity index is 1510. The van der Waals surface area contributed by atoms with Crippen LogP contribution in [0.25, 0.3) is 11.0 Å².